The summed E-state index contributed by atoms with van der Waals surface area (Å²) in [6.07, 6.45) is 5.94. The van der Waals surface area contributed by atoms with Crippen LogP contribution < -0.4 is 0 Å². The monoisotopic (exact) mass is 320 g/mol. The van der Waals surface area contributed by atoms with Crippen molar-refractivity contribution in [2.45, 2.75) is 58.9 Å². The molecule has 1 aliphatic carbocycles. The number of rotatable bonds is 9. The summed E-state index contributed by atoms with van der Waals surface area (Å²) in [4.78, 5) is 28.9. The van der Waals surface area contributed by atoms with E-state index in [1.54, 1.807) is 19.3 Å². The van der Waals surface area contributed by atoms with Crippen molar-refractivity contribution >= 4 is 11.8 Å². The molecule has 5 heteroatoms. The van der Waals surface area contributed by atoms with E-state index in [-0.39, 0.29) is 17.9 Å². The molecule has 1 fully saturated rings. The Balaban J connectivity index is 1.96. The van der Waals surface area contributed by atoms with Crippen LogP contribution in [0.2, 0.25) is 0 Å². The van der Waals surface area contributed by atoms with Gasteiger partial charge in [0, 0.05) is 32.1 Å². The van der Waals surface area contributed by atoms with Gasteiger partial charge in [-0.15, -0.1) is 0 Å². The van der Waals surface area contributed by atoms with Gasteiger partial charge in [0.05, 0.1) is 11.8 Å². The van der Waals surface area contributed by atoms with Crippen LogP contribution in [0.3, 0.4) is 0 Å². The molecule has 1 aromatic rings. The van der Waals surface area contributed by atoms with Crippen molar-refractivity contribution in [1.82, 2.24) is 9.80 Å². The Morgan fingerprint density at radius 1 is 1.17 bits per heavy atom. The van der Waals surface area contributed by atoms with Crippen LogP contribution >= 0.6 is 0 Å². The highest BCUT2D eigenvalue weighted by atomic mass is 16.3. The zero-order valence-electron chi connectivity index (χ0n) is 14.5. The second-order valence-electron chi connectivity index (χ2n) is 6.25. The number of furan rings is 1. The number of carbonyl (C=O) groups excluding carboxylic acids is 2. The summed E-state index contributed by atoms with van der Waals surface area (Å²) >= 11 is 0. The molecule has 0 aromatic carbocycles. The van der Waals surface area contributed by atoms with Gasteiger partial charge in [0.1, 0.15) is 5.76 Å². The van der Waals surface area contributed by atoms with E-state index in [2.05, 4.69) is 13.8 Å². The molecule has 0 N–H and O–H groups in total. The quantitative estimate of drug-likeness (QED) is 0.702. The number of hydrogen-bond acceptors (Lipinski definition) is 3. The van der Waals surface area contributed by atoms with Gasteiger partial charge in [-0.25, -0.2) is 0 Å². The van der Waals surface area contributed by atoms with Crippen LogP contribution in [0, 0.1) is 6.92 Å². The van der Waals surface area contributed by atoms with E-state index in [0.717, 1.165) is 38.8 Å². The number of carbonyl (C=O) groups is 2. The number of aryl methyl sites for hydroxylation is 1. The lowest BCUT2D eigenvalue weighted by Gasteiger charge is -2.25. The minimum Gasteiger partial charge on any atom is -0.469 e. The lowest BCUT2D eigenvalue weighted by Crippen LogP contribution is -2.39. The summed E-state index contributed by atoms with van der Waals surface area (Å²) in [5.74, 6) is 0.783. The average Bonchev–Trinajstić information content (AvgIpc) is 3.27. The van der Waals surface area contributed by atoms with Crippen LogP contribution in [0.4, 0.5) is 0 Å². The molecule has 0 saturated heterocycles. The van der Waals surface area contributed by atoms with Gasteiger partial charge in [-0.3, -0.25) is 9.59 Å². The standard InChI is InChI=1S/C18H28N2O3/c1-4-10-19(11-5-2)17(21)8-12-20(15-6-7-15)18(22)16-9-13-23-14(16)3/h9,13,15H,4-8,10-12H2,1-3H3. The van der Waals surface area contributed by atoms with Gasteiger partial charge in [-0.1, -0.05) is 13.8 Å². The molecule has 0 unspecified atom stereocenters. The fourth-order valence-corrected chi connectivity index (χ4v) is 2.87. The third-order valence-corrected chi connectivity index (χ3v) is 4.24. The fourth-order valence-electron chi connectivity index (χ4n) is 2.87. The molecular weight excluding hydrogens is 292 g/mol. The van der Waals surface area contributed by atoms with Crippen molar-refractivity contribution in [3.05, 3.63) is 23.7 Å². The third-order valence-electron chi connectivity index (χ3n) is 4.24. The predicted octanol–water partition coefficient (Wildman–Crippen LogP) is 3.23. The molecule has 0 radical (unpaired) electrons. The molecule has 1 aliphatic rings. The molecule has 0 spiro atoms. The van der Waals surface area contributed by atoms with Gasteiger partial charge < -0.3 is 14.2 Å². The van der Waals surface area contributed by atoms with Crippen molar-refractivity contribution in [2.75, 3.05) is 19.6 Å². The van der Waals surface area contributed by atoms with Gasteiger partial charge in [-0.05, 0) is 38.7 Å². The summed E-state index contributed by atoms with van der Waals surface area (Å²) in [6, 6.07) is 2.01. The molecule has 2 rings (SSSR count). The van der Waals surface area contributed by atoms with Gasteiger partial charge in [0.15, 0.2) is 0 Å². The van der Waals surface area contributed by atoms with E-state index in [1.807, 2.05) is 9.80 Å². The lowest BCUT2D eigenvalue weighted by molar-refractivity contribution is -0.131. The van der Waals surface area contributed by atoms with E-state index in [9.17, 15) is 9.59 Å². The Labute approximate surface area is 138 Å². The molecule has 1 aromatic heterocycles. The van der Waals surface area contributed by atoms with Crippen molar-refractivity contribution in [3.8, 4) is 0 Å². The van der Waals surface area contributed by atoms with Crippen molar-refractivity contribution in [1.29, 1.82) is 0 Å². The summed E-state index contributed by atoms with van der Waals surface area (Å²) in [5, 5.41) is 0. The Kier molecular flexibility index (Phi) is 6.25. The first-order valence-corrected chi connectivity index (χ1v) is 8.71. The van der Waals surface area contributed by atoms with Gasteiger partial charge >= 0.3 is 0 Å². The minimum absolute atomic E-state index is 0.0101. The molecule has 1 saturated carbocycles. The smallest absolute Gasteiger partial charge is 0.257 e. The van der Waals surface area contributed by atoms with Crippen LogP contribution in [-0.2, 0) is 4.79 Å². The second-order valence-corrected chi connectivity index (χ2v) is 6.25. The maximum atomic E-state index is 12.7. The third kappa shape index (κ3) is 4.60. The first-order chi connectivity index (χ1) is 11.1. The van der Waals surface area contributed by atoms with E-state index in [4.69, 9.17) is 4.42 Å². The molecule has 2 amide bonds. The number of nitrogens with zero attached hydrogens (tertiary/aromatic N) is 2. The van der Waals surface area contributed by atoms with Gasteiger partial charge in [0.2, 0.25) is 5.91 Å². The summed E-state index contributed by atoms with van der Waals surface area (Å²) < 4.78 is 5.24. The van der Waals surface area contributed by atoms with Gasteiger partial charge in [-0.2, -0.15) is 0 Å². The number of amides is 2. The molecule has 128 valence electrons. The van der Waals surface area contributed by atoms with Crippen LogP contribution in [0.5, 0.6) is 0 Å². The second kappa shape index (κ2) is 8.18. The van der Waals surface area contributed by atoms with Crippen LogP contribution in [-0.4, -0.2) is 47.3 Å². The zero-order valence-corrected chi connectivity index (χ0v) is 14.5. The molecule has 1 heterocycles. The predicted molar refractivity (Wildman–Crippen MR) is 89.3 cm³/mol. The number of hydrogen-bond donors (Lipinski definition) is 0. The molecule has 0 atom stereocenters. The topological polar surface area (TPSA) is 53.8 Å². The Hall–Kier alpha value is -1.78. The summed E-state index contributed by atoms with van der Waals surface area (Å²) in [7, 11) is 0. The zero-order chi connectivity index (χ0) is 16.8. The Bertz CT molecular complexity index is 528. The highest BCUT2D eigenvalue weighted by molar-refractivity contribution is 5.95. The van der Waals surface area contributed by atoms with E-state index in [0.29, 0.717) is 24.3 Å². The van der Waals surface area contributed by atoms with Gasteiger partial charge in [0.25, 0.3) is 5.91 Å². The molecule has 0 bridgehead atoms. The summed E-state index contributed by atoms with van der Waals surface area (Å²) in [6.45, 7) is 8.05. The minimum atomic E-state index is -0.0101. The normalized spacial score (nSPS) is 13.9. The fraction of sp³-hybridized carbons (Fsp3) is 0.667. The summed E-state index contributed by atoms with van der Waals surface area (Å²) in [5.41, 5.74) is 0.614. The largest absolute Gasteiger partial charge is 0.469 e. The first-order valence-electron chi connectivity index (χ1n) is 8.71. The lowest BCUT2D eigenvalue weighted by atomic mass is 10.2. The van der Waals surface area contributed by atoms with E-state index >= 15 is 0 Å². The van der Waals surface area contributed by atoms with Crippen molar-refractivity contribution < 1.29 is 14.0 Å². The van der Waals surface area contributed by atoms with Crippen LogP contribution in [0.1, 0.15) is 62.1 Å². The highest BCUT2D eigenvalue weighted by Gasteiger charge is 2.34. The maximum absolute atomic E-state index is 12.7. The average molecular weight is 320 g/mol. The van der Waals surface area contributed by atoms with Crippen molar-refractivity contribution in [3.63, 3.8) is 0 Å². The van der Waals surface area contributed by atoms with Crippen LogP contribution in [0.25, 0.3) is 0 Å². The first kappa shape index (κ1) is 17.6. The highest BCUT2D eigenvalue weighted by Crippen LogP contribution is 2.29. The van der Waals surface area contributed by atoms with Crippen molar-refractivity contribution in [2.24, 2.45) is 0 Å². The Morgan fingerprint density at radius 2 is 1.83 bits per heavy atom. The Morgan fingerprint density at radius 3 is 2.30 bits per heavy atom. The molecule has 23 heavy (non-hydrogen) atoms. The maximum Gasteiger partial charge on any atom is 0.257 e. The van der Waals surface area contributed by atoms with E-state index < -0.39 is 0 Å². The van der Waals surface area contributed by atoms with E-state index in [1.165, 1.54) is 0 Å². The van der Waals surface area contributed by atoms with Crippen LogP contribution in [0.15, 0.2) is 16.7 Å². The SMILES string of the molecule is CCCN(CCC)C(=O)CCN(C(=O)c1ccoc1C)C1CC1. The molecule has 5 nitrogen and oxygen atoms in total. The molecular formula is C18H28N2O3. The molecule has 0 aliphatic heterocycles.